The summed E-state index contributed by atoms with van der Waals surface area (Å²) in [6.45, 7) is 12.1. The summed E-state index contributed by atoms with van der Waals surface area (Å²) in [6.07, 6.45) is 6.36. The number of aryl methyl sites for hydroxylation is 2. The van der Waals surface area contributed by atoms with Crippen molar-refractivity contribution in [2.75, 3.05) is 6.54 Å². The number of fused-ring (bicyclic) bond motifs is 3. The first-order valence-electron chi connectivity index (χ1n) is 9.50. The normalized spacial score (nSPS) is 27.9. The Balaban J connectivity index is 1.67. The highest BCUT2D eigenvalue weighted by molar-refractivity contribution is 5.94. The number of rotatable bonds is 2. The highest BCUT2D eigenvalue weighted by atomic mass is 16.2. The Labute approximate surface area is 150 Å². The topological polar surface area (TPSA) is 37.6 Å². The van der Waals surface area contributed by atoms with Gasteiger partial charge < -0.3 is 9.30 Å². The van der Waals surface area contributed by atoms with E-state index in [0.29, 0.717) is 11.5 Å². The van der Waals surface area contributed by atoms with Crippen molar-refractivity contribution in [3.8, 4) is 0 Å². The van der Waals surface area contributed by atoms with Gasteiger partial charge in [-0.05, 0) is 55.6 Å². The number of imidazole rings is 1. The third-order valence-electron chi connectivity index (χ3n) is 6.21. The molecule has 4 rings (SSSR count). The largest absolute Gasteiger partial charge is 0.335 e. The van der Waals surface area contributed by atoms with Crippen LogP contribution in [0.3, 0.4) is 0 Å². The van der Waals surface area contributed by atoms with Crippen LogP contribution in [-0.4, -0.2) is 32.8 Å². The van der Waals surface area contributed by atoms with Crippen LogP contribution >= 0.6 is 0 Å². The predicted octanol–water partition coefficient (Wildman–Crippen LogP) is 4.25. The molecule has 0 radical (unpaired) electrons. The van der Waals surface area contributed by atoms with E-state index in [9.17, 15) is 4.79 Å². The molecule has 1 saturated heterocycles. The van der Waals surface area contributed by atoms with Crippen LogP contribution in [0.5, 0.6) is 0 Å². The van der Waals surface area contributed by atoms with Gasteiger partial charge in [0.15, 0.2) is 0 Å². The van der Waals surface area contributed by atoms with Crippen LogP contribution in [0.4, 0.5) is 0 Å². The molecule has 134 valence electrons. The van der Waals surface area contributed by atoms with Crippen LogP contribution in [0.2, 0.25) is 0 Å². The molecule has 4 nitrogen and oxygen atoms in total. The number of likely N-dealkylation sites (tertiary alicyclic amines) is 1. The SMILES string of the molecule is CCc1nc2ccc(C(=O)N3CC4(C)CC3CC(C)(C)C4)cn2c1C. The molecular weight excluding hydrogens is 310 g/mol. The summed E-state index contributed by atoms with van der Waals surface area (Å²) in [7, 11) is 0. The molecule has 1 aliphatic heterocycles. The minimum Gasteiger partial charge on any atom is -0.335 e. The summed E-state index contributed by atoms with van der Waals surface area (Å²) in [6, 6.07) is 4.30. The number of carbonyl (C=O) groups excluding carboxylic acids is 1. The predicted molar refractivity (Wildman–Crippen MR) is 99.9 cm³/mol. The van der Waals surface area contributed by atoms with E-state index in [1.54, 1.807) is 0 Å². The van der Waals surface area contributed by atoms with Crippen molar-refractivity contribution in [2.45, 2.75) is 66.3 Å². The summed E-state index contributed by atoms with van der Waals surface area (Å²) in [5.74, 6) is 0.180. The van der Waals surface area contributed by atoms with E-state index in [1.165, 1.54) is 6.42 Å². The van der Waals surface area contributed by atoms with Crippen LogP contribution < -0.4 is 0 Å². The number of nitrogens with zero attached hydrogens (tertiary/aromatic N) is 3. The summed E-state index contributed by atoms with van der Waals surface area (Å²) in [4.78, 5) is 20.1. The minimum atomic E-state index is 0.180. The lowest BCUT2D eigenvalue weighted by Crippen LogP contribution is -2.37. The van der Waals surface area contributed by atoms with Crippen molar-refractivity contribution < 1.29 is 4.79 Å². The summed E-state index contributed by atoms with van der Waals surface area (Å²) in [5, 5.41) is 0. The van der Waals surface area contributed by atoms with Crippen LogP contribution in [-0.2, 0) is 6.42 Å². The fourth-order valence-corrected chi connectivity index (χ4v) is 5.54. The molecule has 2 unspecified atom stereocenters. The van der Waals surface area contributed by atoms with Gasteiger partial charge in [-0.1, -0.05) is 27.7 Å². The molecular formula is C21H29N3O. The molecule has 2 fully saturated rings. The van der Waals surface area contributed by atoms with Gasteiger partial charge in [0.25, 0.3) is 5.91 Å². The van der Waals surface area contributed by atoms with Gasteiger partial charge in [-0.25, -0.2) is 4.98 Å². The molecule has 2 bridgehead atoms. The van der Waals surface area contributed by atoms with Gasteiger partial charge in [0.05, 0.1) is 11.3 Å². The van der Waals surface area contributed by atoms with Crippen molar-refractivity contribution in [3.05, 3.63) is 35.3 Å². The standard InChI is InChI=1S/C21H29N3O/c1-6-17-14(2)23-11-15(7-8-18(23)22-17)19(25)24-13-21(5)10-16(24)9-20(3,4)12-21/h7-8,11,16H,6,9-10,12-13H2,1-5H3. The second kappa shape index (κ2) is 5.33. The number of carbonyl (C=O) groups is 1. The van der Waals surface area contributed by atoms with E-state index < -0.39 is 0 Å². The quantitative estimate of drug-likeness (QED) is 0.820. The molecule has 25 heavy (non-hydrogen) atoms. The second-order valence-corrected chi connectivity index (χ2v) is 9.29. The Bertz CT molecular complexity index is 850. The van der Waals surface area contributed by atoms with Gasteiger partial charge in [-0.3, -0.25) is 4.79 Å². The van der Waals surface area contributed by atoms with Crippen LogP contribution in [0.1, 0.15) is 68.7 Å². The number of hydrogen-bond acceptors (Lipinski definition) is 2. The molecule has 3 heterocycles. The Morgan fingerprint density at radius 2 is 2.04 bits per heavy atom. The maximum atomic E-state index is 13.3. The monoisotopic (exact) mass is 339 g/mol. The first-order valence-corrected chi connectivity index (χ1v) is 9.50. The fourth-order valence-electron chi connectivity index (χ4n) is 5.54. The smallest absolute Gasteiger partial charge is 0.255 e. The van der Waals surface area contributed by atoms with Crippen molar-refractivity contribution in [2.24, 2.45) is 10.8 Å². The van der Waals surface area contributed by atoms with Crippen LogP contribution in [0, 0.1) is 17.8 Å². The van der Waals surface area contributed by atoms with E-state index in [-0.39, 0.29) is 11.3 Å². The third-order valence-corrected chi connectivity index (χ3v) is 6.21. The first kappa shape index (κ1) is 16.6. The van der Waals surface area contributed by atoms with Gasteiger partial charge in [-0.15, -0.1) is 0 Å². The van der Waals surface area contributed by atoms with Gasteiger partial charge in [-0.2, -0.15) is 0 Å². The molecule has 2 aliphatic rings. The molecule has 1 saturated carbocycles. The van der Waals surface area contributed by atoms with E-state index in [4.69, 9.17) is 0 Å². The van der Waals surface area contributed by atoms with Crippen LogP contribution in [0.15, 0.2) is 18.3 Å². The second-order valence-electron chi connectivity index (χ2n) is 9.29. The van der Waals surface area contributed by atoms with E-state index in [2.05, 4.69) is 48.9 Å². The van der Waals surface area contributed by atoms with Gasteiger partial charge in [0, 0.05) is 24.5 Å². The number of aromatic nitrogens is 2. The molecule has 2 atom stereocenters. The van der Waals surface area contributed by atoms with E-state index >= 15 is 0 Å². The summed E-state index contributed by atoms with van der Waals surface area (Å²) < 4.78 is 2.07. The lowest BCUT2D eigenvalue weighted by Gasteiger charge is -2.39. The Morgan fingerprint density at radius 1 is 1.28 bits per heavy atom. The first-order chi connectivity index (χ1) is 11.7. The lowest BCUT2D eigenvalue weighted by atomic mass is 9.65. The molecule has 4 heteroatoms. The number of amides is 1. The highest BCUT2D eigenvalue weighted by Crippen LogP contribution is 2.52. The molecule has 0 N–H and O–H groups in total. The van der Waals surface area contributed by atoms with Crippen LogP contribution in [0.25, 0.3) is 5.65 Å². The molecule has 2 aromatic rings. The van der Waals surface area contributed by atoms with Gasteiger partial charge in [0.2, 0.25) is 0 Å². The lowest BCUT2D eigenvalue weighted by molar-refractivity contribution is 0.0707. The molecule has 0 spiro atoms. The van der Waals surface area contributed by atoms with Crippen molar-refractivity contribution in [3.63, 3.8) is 0 Å². The summed E-state index contributed by atoms with van der Waals surface area (Å²) in [5.41, 5.74) is 4.56. The Hall–Kier alpha value is -1.84. The maximum Gasteiger partial charge on any atom is 0.255 e. The zero-order valence-corrected chi connectivity index (χ0v) is 16.1. The number of pyridine rings is 1. The van der Waals surface area contributed by atoms with E-state index in [0.717, 1.165) is 48.4 Å². The van der Waals surface area contributed by atoms with Crippen molar-refractivity contribution in [1.82, 2.24) is 14.3 Å². The van der Waals surface area contributed by atoms with E-state index in [1.807, 2.05) is 18.3 Å². The average Bonchev–Trinajstić information content (AvgIpc) is 2.99. The fraction of sp³-hybridized carbons (Fsp3) is 0.619. The Kier molecular flexibility index (Phi) is 3.54. The van der Waals surface area contributed by atoms with Gasteiger partial charge in [0.1, 0.15) is 5.65 Å². The maximum absolute atomic E-state index is 13.3. The zero-order valence-electron chi connectivity index (χ0n) is 16.1. The number of hydrogen-bond donors (Lipinski definition) is 0. The average molecular weight is 339 g/mol. The van der Waals surface area contributed by atoms with Crippen molar-refractivity contribution >= 4 is 11.6 Å². The third kappa shape index (κ3) is 2.66. The minimum absolute atomic E-state index is 0.180. The van der Waals surface area contributed by atoms with Crippen molar-refractivity contribution in [1.29, 1.82) is 0 Å². The molecule has 2 aromatic heterocycles. The molecule has 1 aliphatic carbocycles. The highest BCUT2D eigenvalue weighted by Gasteiger charge is 2.51. The van der Waals surface area contributed by atoms with Gasteiger partial charge >= 0.3 is 0 Å². The summed E-state index contributed by atoms with van der Waals surface area (Å²) >= 11 is 0. The Morgan fingerprint density at radius 3 is 2.76 bits per heavy atom. The molecule has 0 aromatic carbocycles. The molecule has 1 amide bonds. The zero-order chi connectivity index (χ0) is 18.0.